The summed E-state index contributed by atoms with van der Waals surface area (Å²) in [5.74, 6) is 0.496. The molecular formula is C22H25N3O3. The van der Waals surface area contributed by atoms with Crippen LogP contribution in [0.1, 0.15) is 42.5 Å². The van der Waals surface area contributed by atoms with Crippen molar-refractivity contribution in [2.24, 2.45) is 0 Å². The predicted octanol–water partition coefficient (Wildman–Crippen LogP) is 2.99. The summed E-state index contributed by atoms with van der Waals surface area (Å²) >= 11 is 0. The number of methoxy groups -OCH3 is 1. The van der Waals surface area contributed by atoms with Crippen LogP contribution in [0.5, 0.6) is 5.75 Å². The second kappa shape index (κ2) is 7.64. The summed E-state index contributed by atoms with van der Waals surface area (Å²) in [4.78, 5) is 25.8. The highest BCUT2D eigenvalue weighted by Crippen LogP contribution is 2.34. The smallest absolute Gasteiger partial charge is 0.243 e. The lowest BCUT2D eigenvalue weighted by atomic mass is 10.0. The second-order valence-electron chi connectivity index (χ2n) is 7.45. The summed E-state index contributed by atoms with van der Waals surface area (Å²) in [6, 6.07) is 14.2. The van der Waals surface area contributed by atoms with E-state index in [-0.39, 0.29) is 23.9 Å². The van der Waals surface area contributed by atoms with Crippen molar-refractivity contribution in [3.63, 3.8) is 0 Å². The first-order chi connectivity index (χ1) is 13.5. The van der Waals surface area contributed by atoms with E-state index >= 15 is 0 Å². The van der Waals surface area contributed by atoms with Crippen molar-refractivity contribution >= 4 is 17.5 Å². The Morgan fingerprint density at radius 2 is 1.93 bits per heavy atom. The highest BCUT2D eigenvalue weighted by atomic mass is 16.5. The number of ether oxygens (including phenoxy) is 1. The Kier molecular flexibility index (Phi) is 5.05. The van der Waals surface area contributed by atoms with Crippen LogP contribution in [0.3, 0.4) is 0 Å². The molecule has 146 valence electrons. The Labute approximate surface area is 164 Å². The van der Waals surface area contributed by atoms with Crippen LogP contribution in [0.4, 0.5) is 5.69 Å². The molecule has 2 atom stereocenters. The van der Waals surface area contributed by atoms with Crippen LogP contribution in [0.15, 0.2) is 42.5 Å². The van der Waals surface area contributed by atoms with Gasteiger partial charge in [0.25, 0.3) is 0 Å². The number of fused-ring (bicyclic) bond motifs is 1. The topological polar surface area (TPSA) is 70.7 Å². The number of amides is 2. The summed E-state index contributed by atoms with van der Waals surface area (Å²) in [7, 11) is 1.66. The zero-order valence-electron chi connectivity index (χ0n) is 16.2. The number of anilines is 1. The van der Waals surface area contributed by atoms with Crippen molar-refractivity contribution in [2.75, 3.05) is 12.4 Å². The fourth-order valence-corrected chi connectivity index (χ4v) is 4.04. The standard InChI is InChI=1S/C22H25N3O3/c1-14(15-6-8-17(28-2)9-7-15)23-19-5-3-4-16-12-25(13-18(16)19)20-10-11-21(26)24-22(20)27/h3-9,14,20,23H,10-13H2,1-2H3,(H,24,26,27)/t14-,20?/m1/s1. The maximum atomic E-state index is 12.2. The molecule has 0 aliphatic carbocycles. The number of nitrogens with one attached hydrogen (secondary N) is 2. The first kappa shape index (κ1) is 18.5. The van der Waals surface area contributed by atoms with Gasteiger partial charge >= 0.3 is 0 Å². The minimum absolute atomic E-state index is 0.141. The lowest BCUT2D eigenvalue weighted by molar-refractivity contribution is -0.137. The molecule has 4 rings (SSSR count). The van der Waals surface area contributed by atoms with Crippen LogP contribution >= 0.6 is 0 Å². The molecule has 0 spiro atoms. The van der Waals surface area contributed by atoms with Gasteiger partial charge in [-0.1, -0.05) is 24.3 Å². The predicted molar refractivity (Wildman–Crippen MR) is 107 cm³/mol. The van der Waals surface area contributed by atoms with Crippen LogP contribution < -0.4 is 15.4 Å². The Bertz CT molecular complexity index is 894. The van der Waals surface area contributed by atoms with E-state index in [1.807, 2.05) is 12.1 Å². The Morgan fingerprint density at radius 1 is 1.14 bits per heavy atom. The zero-order chi connectivity index (χ0) is 19.7. The van der Waals surface area contributed by atoms with Gasteiger partial charge in [-0.05, 0) is 48.2 Å². The molecule has 28 heavy (non-hydrogen) atoms. The van der Waals surface area contributed by atoms with Crippen LogP contribution in [0.2, 0.25) is 0 Å². The average Bonchev–Trinajstić information content (AvgIpc) is 3.13. The van der Waals surface area contributed by atoms with E-state index in [9.17, 15) is 9.59 Å². The molecule has 0 aromatic heterocycles. The van der Waals surface area contributed by atoms with Crippen LogP contribution in [-0.4, -0.2) is 29.9 Å². The van der Waals surface area contributed by atoms with Gasteiger partial charge in [0.05, 0.1) is 13.2 Å². The molecule has 2 heterocycles. The summed E-state index contributed by atoms with van der Waals surface area (Å²) in [6.45, 7) is 3.57. The Balaban J connectivity index is 1.49. The van der Waals surface area contributed by atoms with Gasteiger partial charge in [-0.3, -0.25) is 19.8 Å². The summed E-state index contributed by atoms with van der Waals surface area (Å²) in [5, 5.41) is 6.08. The molecule has 1 fully saturated rings. The first-order valence-electron chi connectivity index (χ1n) is 9.64. The molecule has 6 heteroatoms. The molecule has 2 aromatic carbocycles. The van der Waals surface area contributed by atoms with E-state index in [1.165, 1.54) is 16.7 Å². The van der Waals surface area contributed by atoms with Gasteiger partial charge in [0.15, 0.2) is 0 Å². The van der Waals surface area contributed by atoms with Gasteiger partial charge < -0.3 is 10.1 Å². The molecule has 2 N–H and O–H groups in total. The summed E-state index contributed by atoms with van der Waals surface area (Å²) in [5.41, 5.74) is 4.73. The number of piperidine rings is 1. The number of benzene rings is 2. The summed E-state index contributed by atoms with van der Waals surface area (Å²) in [6.07, 6.45) is 0.993. The van der Waals surface area contributed by atoms with Gasteiger partial charge in [-0.25, -0.2) is 0 Å². The van der Waals surface area contributed by atoms with Gasteiger partial charge in [0.1, 0.15) is 5.75 Å². The lowest BCUT2D eigenvalue weighted by Gasteiger charge is -2.29. The SMILES string of the molecule is COc1ccc([C@@H](C)Nc2cccc3c2CN(C2CCC(=O)NC2=O)C3)cc1. The normalized spacial score (nSPS) is 20.4. The quantitative estimate of drug-likeness (QED) is 0.782. The number of rotatable bonds is 5. The minimum atomic E-state index is -0.239. The Hall–Kier alpha value is -2.86. The molecule has 2 aliphatic rings. The van der Waals surface area contributed by atoms with Crippen molar-refractivity contribution in [1.29, 1.82) is 0 Å². The van der Waals surface area contributed by atoms with Gasteiger partial charge in [0, 0.05) is 31.2 Å². The van der Waals surface area contributed by atoms with Crippen molar-refractivity contribution in [2.45, 2.75) is 44.9 Å². The molecule has 2 aromatic rings. The lowest BCUT2D eigenvalue weighted by Crippen LogP contribution is -2.50. The Morgan fingerprint density at radius 3 is 2.64 bits per heavy atom. The van der Waals surface area contributed by atoms with Crippen molar-refractivity contribution in [3.8, 4) is 5.75 Å². The molecule has 1 unspecified atom stereocenters. The molecule has 6 nitrogen and oxygen atoms in total. The number of hydrogen-bond donors (Lipinski definition) is 2. The number of nitrogens with zero attached hydrogens (tertiary/aromatic N) is 1. The maximum Gasteiger partial charge on any atom is 0.243 e. The monoisotopic (exact) mass is 379 g/mol. The van der Waals surface area contributed by atoms with E-state index in [4.69, 9.17) is 4.74 Å². The third-order valence-corrected chi connectivity index (χ3v) is 5.65. The first-order valence-corrected chi connectivity index (χ1v) is 9.64. The number of carbonyl (C=O) groups is 2. The van der Waals surface area contributed by atoms with Gasteiger partial charge in [-0.15, -0.1) is 0 Å². The molecular weight excluding hydrogens is 354 g/mol. The van der Waals surface area contributed by atoms with E-state index in [2.05, 4.69) is 52.8 Å². The average molecular weight is 379 g/mol. The van der Waals surface area contributed by atoms with Crippen LogP contribution in [0, 0.1) is 0 Å². The van der Waals surface area contributed by atoms with Crippen molar-refractivity contribution in [3.05, 3.63) is 59.2 Å². The minimum Gasteiger partial charge on any atom is -0.497 e. The largest absolute Gasteiger partial charge is 0.497 e. The summed E-state index contributed by atoms with van der Waals surface area (Å²) < 4.78 is 5.23. The zero-order valence-corrected chi connectivity index (χ0v) is 16.2. The van der Waals surface area contributed by atoms with Crippen molar-refractivity contribution < 1.29 is 14.3 Å². The number of carbonyl (C=O) groups excluding carboxylic acids is 2. The highest BCUT2D eigenvalue weighted by Gasteiger charge is 2.35. The molecule has 0 bridgehead atoms. The molecule has 0 saturated carbocycles. The molecule has 2 aliphatic heterocycles. The fourth-order valence-electron chi connectivity index (χ4n) is 4.04. The van der Waals surface area contributed by atoms with Crippen LogP contribution in [0.25, 0.3) is 0 Å². The highest BCUT2D eigenvalue weighted by molar-refractivity contribution is 6.00. The fraction of sp³-hybridized carbons (Fsp3) is 0.364. The van der Waals surface area contributed by atoms with Gasteiger partial charge in [0.2, 0.25) is 11.8 Å². The third-order valence-electron chi connectivity index (χ3n) is 5.65. The third kappa shape index (κ3) is 3.60. The van der Waals surface area contributed by atoms with E-state index in [0.717, 1.165) is 18.0 Å². The molecule has 1 saturated heterocycles. The molecule has 0 radical (unpaired) electrons. The van der Waals surface area contributed by atoms with E-state index in [1.54, 1.807) is 7.11 Å². The van der Waals surface area contributed by atoms with Crippen molar-refractivity contribution in [1.82, 2.24) is 10.2 Å². The maximum absolute atomic E-state index is 12.2. The second-order valence-corrected chi connectivity index (χ2v) is 7.45. The van der Waals surface area contributed by atoms with E-state index < -0.39 is 0 Å². The number of hydrogen-bond acceptors (Lipinski definition) is 5. The number of imide groups is 1. The van der Waals surface area contributed by atoms with Gasteiger partial charge in [-0.2, -0.15) is 0 Å². The van der Waals surface area contributed by atoms with Crippen LogP contribution in [-0.2, 0) is 22.7 Å². The van der Waals surface area contributed by atoms with E-state index in [0.29, 0.717) is 19.4 Å². The molecule has 2 amide bonds.